The third-order valence-corrected chi connectivity index (χ3v) is 3.44. The molecule has 1 aliphatic heterocycles. The van der Waals surface area contributed by atoms with Crippen LogP contribution in [-0.4, -0.2) is 35.1 Å². The number of para-hydroxylation sites is 2. The molecular formula is C13H16N4O2. The molecule has 1 saturated heterocycles. The Labute approximate surface area is 109 Å². The predicted molar refractivity (Wildman–Crippen MR) is 71.9 cm³/mol. The lowest BCUT2D eigenvalue weighted by atomic mass is 10.0. The molecule has 0 radical (unpaired) electrons. The van der Waals surface area contributed by atoms with Gasteiger partial charge in [0.15, 0.2) is 0 Å². The van der Waals surface area contributed by atoms with E-state index in [1.807, 2.05) is 24.3 Å². The van der Waals surface area contributed by atoms with Crippen LogP contribution >= 0.6 is 0 Å². The number of aromatic nitrogens is 2. The van der Waals surface area contributed by atoms with Crippen molar-refractivity contribution < 1.29 is 4.79 Å². The van der Waals surface area contributed by atoms with E-state index in [0.29, 0.717) is 12.5 Å². The summed E-state index contributed by atoms with van der Waals surface area (Å²) >= 11 is 0. The summed E-state index contributed by atoms with van der Waals surface area (Å²) in [5.41, 5.74) is 1.26. The molecule has 0 bridgehead atoms. The SMILES string of the molecule is O=C(Cn1c(=O)[nH]c2ccccc21)NCC1CNC1. The van der Waals surface area contributed by atoms with E-state index < -0.39 is 0 Å². The Hall–Kier alpha value is -2.08. The van der Waals surface area contributed by atoms with Crippen LogP contribution in [0.1, 0.15) is 0 Å². The van der Waals surface area contributed by atoms with Crippen molar-refractivity contribution in [3.63, 3.8) is 0 Å². The minimum absolute atomic E-state index is 0.0585. The molecule has 1 aliphatic rings. The van der Waals surface area contributed by atoms with Crippen molar-refractivity contribution in [1.82, 2.24) is 20.2 Å². The van der Waals surface area contributed by atoms with E-state index in [1.54, 1.807) is 0 Å². The molecule has 0 saturated carbocycles. The van der Waals surface area contributed by atoms with Crippen LogP contribution in [-0.2, 0) is 11.3 Å². The normalized spacial score (nSPS) is 15.4. The molecule has 2 aromatic rings. The predicted octanol–water partition coefficient (Wildman–Crippen LogP) is -0.335. The quantitative estimate of drug-likeness (QED) is 0.704. The lowest BCUT2D eigenvalue weighted by Crippen LogP contribution is -2.48. The highest BCUT2D eigenvalue weighted by Crippen LogP contribution is 2.08. The second kappa shape index (κ2) is 4.89. The van der Waals surface area contributed by atoms with Gasteiger partial charge in [-0.25, -0.2) is 4.79 Å². The number of nitrogens with zero attached hydrogens (tertiary/aromatic N) is 1. The minimum Gasteiger partial charge on any atom is -0.354 e. The van der Waals surface area contributed by atoms with Crippen molar-refractivity contribution in [2.45, 2.75) is 6.54 Å². The number of aromatic amines is 1. The topological polar surface area (TPSA) is 78.9 Å². The smallest absolute Gasteiger partial charge is 0.326 e. The van der Waals surface area contributed by atoms with Gasteiger partial charge in [-0.15, -0.1) is 0 Å². The molecule has 0 aliphatic carbocycles. The molecule has 1 aromatic heterocycles. The van der Waals surface area contributed by atoms with Crippen LogP contribution in [0.2, 0.25) is 0 Å². The molecule has 100 valence electrons. The number of hydrogen-bond donors (Lipinski definition) is 3. The van der Waals surface area contributed by atoms with Crippen molar-refractivity contribution in [2.24, 2.45) is 5.92 Å². The molecule has 6 nitrogen and oxygen atoms in total. The van der Waals surface area contributed by atoms with Crippen LogP contribution in [0.25, 0.3) is 11.0 Å². The number of carbonyl (C=O) groups excluding carboxylic acids is 1. The van der Waals surface area contributed by atoms with E-state index in [9.17, 15) is 9.59 Å². The van der Waals surface area contributed by atoms with Gasteiger partial charge in [-0.1, -0.05) is 12.1 Å². The van der Waals surface area contributed by atoms with E-state index in [0.717, 1.165) is 24.1 Å². The molecule has 1 aromatic carbocycles. The lowest BCUT2D eigenvalue weighted by Gasteiger charge is -2.27. The second-order valence-electron chi connectivity index (χ2n) is 4.86. The monoisotopic (exact) mass is 260 g/mol. The van der Waals surface area contributed by atoms with E-state index in [4.69, 9.17) is 0 Å². The summed E-state index contributed by atoms with van der Waals surface area (Å²) in [6.45, 7) is 2.63. The molecule has 0 spiro atoms. The van der Waals surface area contributed by atoms with Gasteiger partial charge in [0, 0.05) is 25.6 Å². The molecule has 1 fully saturated rings. The Morgan fingerprint density at radius 1 is 1.37 bits per heavy atom. The minimum atomic E-state index is -0.248. The summed E-state index contributed by atoms with van der Waals surface area (Å²) in [5.74, 6) is 0.391. The number of amides is 1. The number of rotatable bonds is 4. The van der Waals surface area contributed by atoms with Gasteiger partial charge in [0.05, 0.1) is 11.0 Å². The van der Waals surface area contributed by atoms with Gasteiger partial charge in [-0.05, 0) is 12.1 Å². The van der Waals surface area contributed by atoms with Crippen LogP contribution in [0.4, 0.5) is 0 Å². The molecule has 3 rings (SSSR count). The summed E-state index contributed by atoms with van der Waals surface area (Å²) < 4.78 is 1.46. The maximum Gasteiger partial charge on any atom is 0.326 e. The van der Waals surface area contributed by atoms with Crippen LogP contribution in [0.3, 0.4) is 0 Å². The Kier molecular flexibility index (Phi) is 3.08. The van der Waals surface area contributed by atoms with Crippen molar-refractivity contribution in [3.8, 4) is 0 Å². The fraction of sp³-hybridized carbons (Fsp3) is 0.385. The van der Waals surface area contributed by atoms with Crippen LogP contribution in [0, 0.1) is 5.92 Å². The zero-order chi connectivity index (χ0) is 13.2. The first-order valence-corrected chi connectivity index (χ1v) is 6.39. The Morgan fingerprint density at radius 3 is 2.89 bits per heavy atom. The van der Waals surface area contributed by atoms with Gasteiger partial charge in [0.2, 0.25) is 5.91 Å². The van der Waals surface area contributed by atoms with Crippen molar-refractivity contribution >= 4 is 16.9 Å². The van der Waals surface area contributed by atoms with Gasteiger partial charge in [-0.3, -0.25) is 9.36 Å². The van der Waals surface area contributed by atoms with Gasteiger partial charge < -0.3 is 15.6 Å². The average molecular weight is 260 g/mol. The third kappa shape index (κ3) is 2.39. The number of nitrogens with one attached hydrogen (secondary N) is 3. The fourth-order valence-corrected chi connectivity index (χ4v) is 2.21. The maximum atomic E-state index is 11.8. The zero-order valence-corrected chi connectivity index (χ0v) is 10.5. The highest BCUT2D eigenvalue weighted by Gasteiger charge is 2.17. The fourth-order valence-electron chi connectivity index (χ4n) is 2.21. The Balaban J connectivity index is 1.71. The summed E-state index contributed by atoms with van der Waals surface area (Å²) in [4.78, 5) is 26.4. The first-order chi connectivity index (χ1) is 9.24. The average Bonchev–Trinajstić information content (AvgIpc) is 2.64. The first kappa shape index (κ1) is 12.0. The van der Waals surface area contributed by atoms with Gasteiger partial charge in [0.1, 0.15) is 6.54 Å². The Bertz CT molecular complexity index is 654. The number of hydrogen-bond acceptors (Lipinski definition) is 3. The number of imidazole rings is 1. The molecule has 1 amide bonds. The lowest BCUT2D eigenvalue weighted by molar-refractivity contribution is -0.121. The third-order valence-electron chi connectivity index (χ3n) is 3.44. The van der Waals surface area contributed by atoms with Crippen molar-refractivity contribution in [3.05, 3.63) is 34.7 Å². The largest absolute Gasteiger partial charge is 0.354 e. The number of benzene rings is 1. The molecule has 2 heterocycles. The number of H-pyrrole nitrogens is 1. The van der Waals surface area contributed by atoms with Crippen LogP contribution in [0.15, 0.2) is 29.1 Å². The van der Waals surface area contributed by atoms with Gasteiger partial charge in [-0.2, -0.15) is 0 Å². The van der Waals surface area contributed by atoms with Gasteiger partial charge in [0.25, 0.3) is 0 Å². The standard InChI is InChI=1S/C13H16N4O2/c18-12(15-7-9-5-14-6-9)8-17-11-4-2-1-3-10(11)16-13(17)19/h1-4,9,14H,5-8H2,(H,15,18)(H,16,19). The number of carbonyl (C=O) groups is 1. The highest BCUT2D eigenvalue weighted by molar-refractivity contribution is 5.80. The van der Waals surface area contributed by atoms with Crippen LogP contribution < -0.4 is 16.3 Å². The maximum absolute atomic E-state index is 11.8. The van der Waals surface area contributed by atoms with Crippen LogP contribution in [0.5, 0.6) is 0 Å². The zero-order valence-electron chi connectivity index (χ0n) is 10.5. The van der Waals surface area contributed by atoms with Crippen molar-refractivity contribution in [2.75, 3.05) is 19.6 Å². The van der Waals surface area contributed by atoms with E-state index in [-0.39, 0.29) is 18.1 Å². The number of fused-ring (bicyclic) bond motifs is 1. The summed E-state index contributed by atoms with van der Waals surface area (Å²) in [7, 11) is 0. The molecule has 3 N–H and O–H groups in total. The molecule has 0 unspecified atom stereocenters. The molecule has 19 heavy (non-hydrogen) atoms. The summed E-state index contributed by atoms with van der Waals surface area (Å²) in [6, 6.07) is 7.36. The van der Waals surface area contributed by atoms with E-state index >= 15 is 0 Å². The summed E-state index contributed by atoms with van der Waals surface area (Å²) in [5, 5.41) is 6.01. The highest BCUT2D eigenvalue weighted by atomic mass is 16.2. The first-order valence-electron chi connectivity index (χ1n) is 6.39. The second-order valence-corrected chi connectivity index (χ2v) is 4.86. The van der Waals surface area contributed by atoms with E-state index in [2.05, 4.69) is 15.6 Å². The molecule has 6 heteroatoms. The van der Waals surface area contributed by atoms with Crippen molar-refractivity contribution in [1.29, 1.82) is 0 Å². The van der Waals surface area contributed by atoms with E-state index in [1.165, 1.54) is 4.57 Å². The van der Waals surface area contributed by atoms with Gasteiger partial charge >= 0.3 is 5.69 Å². The Morgan fingerprint density at radius 2 is 2.16 bits per heavy atom. The molecular weight excluding hydrogens is 244 g/mol. The summed E-state index contributed by atoms with van der Waals surface area (Å²) in [6.07, 6.45) is 0. The molecule has 0 atom stereocenters.